The largest absolute Gasteiger partial charge is 0.462 e. The van der Waals surface area contributed by atoms with E-state index in [0.29, 0.717) is 4.57 Å². The van der Waals surface area contributed by atoms with E-state index < -0.39 is 67.0 Å². The van der Waals surface area contributed by atoms with Crippen LogP contribution < -0.4 is 20.9 Å². The van der Waals surface area contributed by atoms with Gasteiger partial charge in [0.2, 0.25) is 0 Å². The van der Waals surface area contributed by atoms with Gasteiger partial charge < -0.3 is 19.1 Å². The lowest BCUT2D eigenvalue weighted by Crippen LogP contribution is -2.46. The van der Waals surface area contributed by atoms with Crippen molar-refractivity contribution >= 4 is 25.3 Å². The summed E-state index contributed by atoms with van der Waals surface area (Å²) in [5.74, 6) is -4.29. The van der Waals surface area contributed by atoms with Gasteiger partial charge in [0.15, 0.2) is 12.3 Å². The van der Waals surface area contributed by atoms with Gasteiger partial charge >= 0.3 is 19.4 Å². The monoisotopic (exact) mass is 567 g/mol. The van der Waals surface area contributed by atoms with Crippen molar-refractivity contribution < 1.29 is 41.8 Å². The molecule has 6 atom stereocenters. The second kappa shape index (κ2) is 11.0. The number of halogens is 3. The topological polar surface area (TPSA) is 158 Å². The van der Waals surface area contributed by atoms with Crippen LogP contribution in [0.2, 0.25) is 0 Å². The van der Waals surface area contributed by atoms with Crippen LogP contribution in [0.3, 0.4) is 0 Å². The van der Waals surface area contributed by atoms with Crippen molar-refractivity contribution in [1.82, 2.24) is 14.6 Å². The molecule has 1 aromatic carbocycles. The summed E-state index contributed by atoms with van der Waals surface area (Å²) in [6.07, 6.45) is -4.74. The van der Waals surface area contributed by atoms with Gasteiger partial charge in [0.25, 0.3) is 16.5 Å². The number of aliphatic hydroxyl groups is 1. The summed E-state index contributed by atoms with van der Waals surface area (Å²) in [5.41, 5.74) is -2.03. The van der Waals surface area contributed by atoms with Crippen molar-refractivity contribution in [1.29, 1.82) is 0 Å². The van der Waals surface area contributed by atoms with E-state index in [1.165, 1.54) is 31.2 Å². The predicted molar refractivity (Wildman–Crippen MR) is 125 cm³/mol. The lowest BCUT2D eigenvalue weighted by Gasteiger charge is -2.27. The molecule has 0 aliphatic carbocycles. The van der Waals surface area contributed by atoms with Crippen LogP contribution in [-0.2, 0) is 23.4 Å². The van der Waals surface area contributed by atoms with Crippen LogP contribution in [0, 0.1) is 0 Å². The summed E-state index contributed by atoms with van der Waals surface area (Å²) in [6.45, 7) is 3.04. The zero-order chi connectivity index (χ0) is 27.6. The van der Waals surface area contributed by atoms with Crippen LogP contribution in [0.5, 0.6) is 5.75 Å². The Bertz CT molecular complexity index is 1280. The molecule has 37 heavy (non-hydrogen) atoms. The van der Waals surface area contributed by atoms with Gasteiger partial charge in [0.1, 0.15) is 18.4 Å². The van der Waals surface area contributed by atoms with Crippen LogP contribution >= 0.6 is 19.3 Å². The molecule has 1 unspecified atom stereocenters. The molecule has 12 nitrogen and oxygen atoms in total. The molecule has 16 heteroatoms. The Morgan fingerprint density at radius 2 is 1.92 bits per heavy atom. The van der Waals surface area contributed by atoms with Gasteiger partial charge in [0.05, 0.1) is 6.10 Å². The van der Waals surface area contributed by atoms with E-state index in [1.54, 1.807) is 19.9 Å². The lowest BCUT2D eigenvalue weighted by molar-refractivity contribution is -0.204. The van der Waals surface area contributed by atoms with Gasteiger partial charge in [-0.1, -0.05) is 29.8 Å². The number of nitrogens with one attached hydrogen (secondary N) is 2. The van der Waals surface area contributed by atoms with Crippen molar-refractivity contribution in [2.24, 2.45) is 0 Å². The summed E-state index contributed by atoms with van der Waals surface area (Å²) in [7, 11) is -4.63. The van der Waals surface area contributed by atoms with Crippen LogP contribution in [0.15, 0.2) is 52.2 Å². The number of nitrogens with zero attached hydrogens (tertiary/aromatic N) is 1. The number of aliphatic hydroxyl groups excluding tert-OH is 1. The standard InChI is InChI=1S/C21H25ClF2N3O9P/c1-12(2)34-16(29)13(3)26-37(32,36-14-7-5-4-6-8-14)33-11-20(23)17(30)21(22,24)18(35-20)27-10-9-15(28)25-19(27)31/h4-10,12-13,17-18,30H,11H2,1-3H3,(H,26,32)(H,25,28,31)/t13-,17+,18+,20+,21+,37?/m0/s1. The van der Waals surface area contributed by atoms with Gasteiger partial charge in [-0.15, -0.1) is 0 Å². The Labute approximate surface area is 214 Å². The Kier molecular flexibility index (Phi) is 8.62. The van der Waals surface area contributed by atoms with Crippen molar-refractivity contribution in [3.05, 3.63) is 63.4 Å². The maximum Gasteiger partial charge on any atom is 0.459 e. The number of ether oxygens (including phenoxy) is 2. The fourth-order valence-corrected chi connectivity index (χ4v) is 5.04. The van der Waals surface area contributed by atoms with E-state index in [4.69, 9.17) is 30.1 Å². The number of esters is 1. The number of hydrogen-bond acceptors (Lipinski definition) is 9. The molecule has 3 rings (SSSR count). The quantitative estimate of drug-likeness (QED) is 0.221. The van der Waals surface area contributed by atoms with Gasteiger partial charge in [-0.05, 0) is 32.9 Å². The number of alkyl halides is 3. The number of carbonyl (C=O) groups excluding carboxylic acids is 1. The zero-order valence-corrected chi connectivity index (χ0v) is 21.4. The van der Waals surface area contributed by atoms with Gasteiger partial charge in [-0.25, -0.2) is 18.1 Å². The van der Waals surface area contributed by atoms with Crippen molar-refractivity contribution in [2.45, 2.75) is 56.2 Å². The number of para-hydroxylation sites is 1. The molecule has 0 amide bonds. The maximum absolute atomic E-state index is 15.7. The minimum absolute atomic E-state index is 0.00147. The molecule has 2 aromatic rings. The fraction of sp³-hybridized carbons (Fsp3) is 0.476. The van der Waals surface area contributed by atoms with E-state index in [1.807, 2.05) is 4.98 Å². The van der Waals surface area contributed by atoms with Gasteiger partial charge in [-0.3, -0.25) is 23.7 Å². The molecule has 1 saturated heterocycles. The summed E-state index contributed by atoms with van der Waals surface area (Å²) in [6, 6.07) is 7.04. The first-order valence-electron chi connectivity index (χ1n) is 10.9. The molecule has 0 bridgehead atoms. The number of aromatic nitrogens is 2. The van der Waals surface area contributed by atoms with E-state index in [0.717, 1.165) is 12.3 Å². The lowest BCUT2D eigenvalue weighted by atomic mass is 10.1. The highest BCUT2D eigenvalue weighted by Gasteiger charge is 2.67. The van der Waals surface area contributed by atoms with E-state index >= 15 is 8.78 Å². The van der Waals surface area contributed by atoms with Gasteiger partial charge in [0, 0.05) is 12.3 Å². The first kappa shape index (κ1) is 29.0. The maximum atomic E-state index is 15.7. The number of hydrogen-bond donors (Lipinski definition) is 3. The molecule has 0 saturated carbocycles. The van der Waals surface area contributed by atoms with Crippen molar-refractivity contribution in [3.63, 3.8) is 0 Å². The minimum Gasteiger partial charge on any atom is -0.462 e. The highest BCUT2D eigenvalue weighted by Crippen LogP contribution is 2.52. The molecule has 0 radical (unpaired) electrons. The molecular formula is C21H25ClF2N3O9P. The molecule has 1 aromatic heterocycles. The number of rotatable bonds is 10. The molecule has 3 N–H and O–H groups in total. The third-order valence-electron chi connectivity index (χ3n) is 4.97. The number of benzene rings is 1. The predicted octanol–water partition coefficient (Wildman–Crippen LogP) is 2.13. The summed E-state index contributed by atoms with van der Waals surface area (Å²) in [4.78, 5) is 37.4. The third-order valence-corrected chi connectivity index (χ3v) is 6.99. The average Bonchev–Trinajstić information content (AvgIpc) is 2.98. The Morgan fingerprint density at radius 1 is 1.27 bits per heavy atom. The Balaban J connectivity index is 1.86. The first-order chi connectivity index (χ1) is 17.2. The summed E-state index contributed by atoms with van der Waals surface area (Å²) < 4.78 is 65.2. The minimum atomic E-state index is -4.63. The van der Waals surface area contributed by atoms with Crippen LogP contribution in [0.4, 0.5) is 8.78 Å². The fourth-order valence-electron chi connectivity index (χ4n) is 3.23. The van der Waals surface area contributed by atoms with E-state index in [9.17, 15) is 24.1 Å². The second-order valence-corrected chi connectivity index (χ2v) is 10.6. The third kappa shape index (κ3) is 6.64. The molecule has 1 fully saturated rings. The second-order valence-electron chi connectivity index (χ2n) is 8.36. The Hall–Kier alpha value is -2.61. The molecule has 1 aliphatic rings. The highest BCUT2D eigenvalue weighted by atomic mass is 35.5. The molecular weight excluding hydrogens is 543 g/mol. The number of aromatic amines is 1. The molecule has 2 heterocycles. The van der Waals surface area contributed by atoms with Crippen molar-refractivity contribution in [3.8, 4) is 5.75 Å². The first-order valence-corrected chi connectivity index (χ1v) is 12.8. The van der Waals surface area contributed by atoms with Crippen LogP contribution in [0.1, 0.15) is 27.0 Å². The van der Waals surface area contributed by atoms with Crippen molar-refractivity contribution in [2.75, 3.05) is 6.61 Å². The molecule has 0 spiro atoms. The zero-order valence-electron chi connectivity index (χ0n) is 19.8. The number of carbonyl (C=O) groups is 1. The van der Waals surface area contributed by atoms with E-state index in [-0.39, 0.29) is 5.75 Å². The Morgan fingerprint density at radius 3 is 2.51 bits per heavy atom. The normalized spacial score (nSPS) is 28.0. The van der Waals surface area contributed by atoms with Gasteiger partial charge in [-0.2, -0.15) is 5.09 Å². The SMILES string of the molecule is CC(C)OC(=O)[C@H](C)NP(=O)(OC[C@@]1(F)O[C@@H](n2ccc(=O)[nH]c2=O)[C@@](F)(Cl)[C@@H]1O)Oc1ccccc1. The smallest absolute Gasteiger partial charge is 0.459 e. The van der Waals surface area contributed by atoms with Crippen LogP contribution in [0.25, 0.3) is 0 Å². The van der Waals surface area contributed by atoms with E-state index in [2.05, 4.69) is 5.09 Å². The highest BCUT2D eigenvalue weighted by molar-refractivity contribution is 7.52. The average molecular weight is 568 g/mol. The summed E-state index contributed by atoms with van der Waals surface area (Å²) in [5, 5.41) is 9.18. The number of H-pyrrole nitrogens is 1. The molecule has 1 aliphatic heterocycles. The molecule has 204 valence electrons. The summed E-state index contributed by atoms with van der Waals surface area (Å²) >= 11 is 5.70. The van der Waals surface area contributed by atoms with Crippen LogP contribution in [-0.4, -0.2) is 56.5 Å².